The topological polar surface area (TPSA) is 87.7 Å². The molecule has 20 heavy (non-hydrogen) atoms. The first-order valence-corrected chi connectivity index (χ1v) is 8.57. The molecule has 2 N–H and O–H groups in total. The number of rotatable bonds is 8. The van der Waals surface area contributed by atoms with Gasteiger partial charge in [0.15, 0.2) is 0 Å². The number of esters is 1. The van der Waals surface area contributed by atoms with Crippen LogP contribution in [0.3, 0.4) is 0 Å². The van der Waals surface area contributed by atoms with Gasteiger partial charge in [-0.05, 0) is 26.3 Å². The zero-order valence-corrected chi connectivity index (χ0v) is 13.0. The second kappa shape index (κ2) is 8.56. The quantitative estimate of drug-likeness (QED) is 0.475. The lowest BCUT2D eigenvalue weighted by Crippen LogP contribution is -2.47. The Kier molecular flexibility index (Phi) is 7.42. The molecule has 1 heterocycles. The zero-order chi connectivity index (χ0) is 15.0. The summed E-state index contributed by atoms with van der Waals surface area (Å²) >= 11 is 0. The van der Waals surface area contributed by atoms with E-state index in [9.17, 15) is 13.2 Å². The molecule has 0 radical (unpaired) electrons. The van der Waals surface area contributed by atoms with Crippen LogP contribution in [0.2, 0.25) is 0 Å². The van der Waals surface area contributed by atoms with E-state index in [2.05, 4.69) is 10.0 Å². The average Bonchev–Trinajstić information content (AvgIpc) is 2.44. The number of carbonyl (C=O) groups excluding carboxylic acids is 1. The molecule has 1 aliphatic heterocycles. The van der Waals surface area contributed by atoms with E-state index >= 15 is 0 Å². The first kappa shape index (κ1) is 17.4. The summed E-state index contributed by atoms with van der Waals surface area (Å²) in [5, 5.41) is 3.05. The zero-order valence-electron chi connectivity index (χ0n) is 12.2. The summed E-state index contributed by atoms with van der Waals surface area (Å²) in [5.74, 6) is -0.396. The normalized spacial score (nSPS) is 18.1. The van der Waals surface area contributed by atoms with Crippen molar-refractivity contribution in [3.63, 3.8) is 0 Å². The third kappa shape index (κ3) is 5.35. The molecule has 0 atom stereocenters. The molecule has 7 nitrogen and oxygen atoms in total. The van der Waals surface area contributed by atoms with E-state index in [0.29, 0.717) is 45.6 Å². The fraction of sp³-hybridized carbons (Fsp3) is 0.917. The molecule has 0 bridgehead atoms. The van der Waals surface area contributed by atoms with Crippen LogP contribution in [-0.2, 0) is 19.7 Å². The van der Waals surface area contributed by atoms with Gasteiger partial charge in [0.1, 0.15) is 0 Å². The Morgan fingerprint density at radius 1 is 1.25 bits per heavy atom. The lowest BCUT2D eigenvalue weighted by molar-refractivity contribution is -0.149. The minimum absolute atomic E-state index is 0.178. The van der Waals surface area contributed by atoms with Gasteiger partial charge >= 0.3 is 5.97 Å². The lowest BCUT2D eigenvalue weighted by Gasteiger charge is -2.30. The van der Waals surface area contributed by atoms with Crippen LogP contribution >= 0.6 is 0 Å². The van der Waals surface area contributed by atoms with E-state index in [0.717, 1.165) is 6.54 Å². The van der Waals surface area contributed by atoms with Gasteiger partial charge in [0.05, 0.1) is 12.5 Å². The van der Waals surface area contributed by atoms with Crippen LogP contribution in [0.4, 0.5) is 0 Å². The molecule has 1 fully saturated rings. The molecule has 8 heteroatoms. The molecule has 0 aromatic rings. The molecular weight excluding hydrogens is 282 g/mol. The smallest absolute Gasteiger partial charge is 0.309 e. The van der Waals surface area contributed by atoms with E-state index in [4.69, 9.17) is 4.74 Å². The van der Waals surface area contributed by atoms with Gasteiger partial charge in [-0.15, -0.1) is 0 Å². The summed E-state index contributed by atoms with van der Waals surface area (Å²) in [5.41, 5.74) is 0. The monoisotopic (exact) mass is 307 g/mol. The number of carbonyl (C=O) groups is 1. The first-order valence-electron chi connectivity index (χ1n) is 7.13. The number of hydrogen-bond acceptors (Lipinski definition) is 5. The van der Waals surface area contributed by atoms with Gasteiger partial charge in [0.25, 0.3) is 10.2 Å². The van der Waals surface area contributed by atoms with E-state index in [1.54, 1.807) is 6.92 Å². The Hall–Kier alpha value is -0.700. The molecule has 0 aromatic carbocycles. The fourth-order valence-corrected chi connectivity index (χ4v) is 3.36. The van der Waals surface area contributed by atoms with Gasteiger partial charge in [-0.1, -0.05) is 6.92 Å². The van der Waals surface area contributed by atoms with Gasteiger partial charge < -0.3 is 10.1 Å². The average molecular weight is 307 g/mol. The molecule has 0 amide bonds. The molecule has 1 rings (SSSR count). The molecule has 118 valence electrons. The number of ether oxygens (including phenoxy) is 1. The number of nitrogens with one attached hydrogen (secondary N) is 2. The van der Waals surface area contributed by atoms with Gasteiger partial charge in [-0.2, -0.15) is 12.7 Å². The first-order chi connectivity index (χ1) is 9.51. The lowest BCUT2D eigenvalue weighted by atomic mass is 9.98. The van der Waals surface area contributed by atoms with Gasteiger partial charge in [-0.25, -0.2) is 4.72 Å². The molecular formula is C12H25N3O4S. The van der Waals surface area contributed by atoms with Gasteiger partial charge in [0, 0.05) is 26.2 Å². The number of hydrogen-bond donors (Lipinski definition) is 2. The van der Waals surface area contributed by atoms with Crippen LogP contribution in [0.25, 0.3) is 0 Å². The van der Waals surface area contributed by atoms with E-state index < -0.39 is 10.2 Å². The standard InChI is InChI=1S/C12H25N3O4S/c1-3-13-7-8-14-20(17,18)15-9-5-11(6-10-15)12(16)19-4-2/h11,13-14H,3-10H2,1-2H3. The molecule has 1 aliphatic rings. The van der Waals surface area contributed by atoms with E-state index in [-0.39, 0.29) is 11.9 Å². The molecule has 1 saturated heterocycles. The van der Waals surface area contributed by atoms with Crippen molar-refractivity contribution in [3.05, 3.63) is 0 Å². The highest BCUT2D eigenvalue weighted by Crippen LogP contribution is 2.20. The maximum Gasteiger partial charge on any atom is 0.309 e. The maximum atomic E-state index is 12.0. The van der Waals surface area contributed by atoms with Crippen molar-refractivity contribution >= 4 is 16.2 Å². The predicted molar refractivity (Wildman–Crippen MR) is 76.4 cm³/mol. The van der Waals surface area contributed by atoms with Crippen molar-refractivity contribution < 1.29 is 17.9 Å². The molecule has 0 spiro atoms. The summed E-state index contributed by atoms with van der Waals surface area (Å²) in [6.07, 6.45) is 1.04. The summed E-state index contributed by atoms with van der Waals surface area (Å²) < 4.78 is 33.0. The van der Waals surface area contributed by atoms with Crippen molar-refractivity contribution in [2.45, 2.75) is 26.7 Å². The Morgan fingerprint density at radius 2 is 1.90 bits per heavy atom. The van der Waals surface area contributed by atoms with Crippen molar-refractivity contribution in [1.29, 1.82) is 0 Å². The third-order valence-corrected chi connectivity index (χ3v) is 4.86. The van der Waals surface area contributed by atoms with Crippen LogP contribution in [0.15, 0.2) is 0 Å². The summed E-state index contributed by atoms with van der Waals surface area (Å²) in [6.45, 7) is 6.61. The molecule has 0 aliphatic carbocycles. The Morgan fingerprint density at radius 3 is 2.45 bits per heavy atom. The fourth-order valence-electron chi connectivity index (χ4n) is 2.13. The number of nitrogens with zero attached hydrogens (tertiary/aromatic N) is 1. The predicted octanol–water partition coefficient (Wildman–Crippen LogP) is -0.295. The van der Waals surface area contributed by atoms with Crippen molar-refractivity contribution in [2.24, 2.45) is 5.92 Å². The van der Waals surface area contributed by atoms with Crippen LogP contribution in [0, 0.1) is 5.92 Å². The second-order valence-electron chi connectivity index (χ2n) is 4.68. The van der Waals surface area contributed by atoms with Crippen molar-refractivity contribution in [1.82, 2.24) is 14.3 Å². The Labute approximate surface area is 121 Å². The van der Waals surface area contributed by atoms with Gasteiger partial charge in [-0.3, -0.25) is 4.79 Å². The highest BCUT2D eigenvalue weighted by atomic mass is 32.2. The van der Waals surface area contributed by atoms with Crippen LogP contribution in [-0.4, -0.2) is 58.0 Å². The summed E-state index contributed by atoms with van der Waals surface area (Å²) in [4.78, 5) is 11.6. The van der Waals surface area contributed by atoms with E-state index in [1.807, 2.05) is 6.92 Å². The summed E-state index contributed by atoms with van der Waals surface area (Å²) in [6, 6.07) is 0. The third-order valence-electron chi connectivity index (χ3n) is 3.25. The van der Waals surface area contributed by atoms with Crippen molar-refractivity contribution in [2.75, 3.05) is 39.3 Å². The highest BCUT2D eigenvalue weighted by molar-refractivity contribution is 7.87. The minimum atomic E-state index is -3.43. The van der Waals surface area contributed by atoms with Gasteiger partial charge in [0.2, 0.25) is 0 Å². The van der Waals surface area contributed by atoms with Crippen LogP contribution in [0.5, 0.6) is 0 Å². The largest absolute Gasteiger partial charge is 0.466 e. The molecule has 0 unspecified atom stereocenters. The SMILES string of the molecule is CCNCCNS(=O)(=O)N1CCC(C(=O)OCC)CC1. The van der Waals surface area contributed by atoms with Crippen LogP contribution in [0.1, 0.15) is 26.7 Å². The minimum Gasteiger partial charge on any atom is -0.466 e. The summed E-state index contributed by atoms with van der Waals surface area (Å²) in [7, 11) is -3.43. The Balaban J connectivity index is 2.37. The van der Waals surface area contributed by atoms with E-state index in [1.165, 1.54) is 4.31 Å². The highest BCUT2D eigenvalue weighted by Gasteiger charge is 2.31. The maximum absolute atomic E-state index is 12.0. The molecule has 0 aromatic heterocycles. The van der Waals surface area contributed by atoms with Crippen LogP contribution < -0.4 is 10.0 Å². The van der Waals surface area contributed by atoms with Crippen molar-refractivity contribution in [3.8, 4) is 0 Å². The molecule has 0 saturated carbocycles. The number of piperidine rings is 1. The number of likely N-dealkylation sites (N-methyl/N-ethyl adjacent to an activating group) is 1. The second-order valence-corrected chi connectivity index (χ2v) is 6.43. The Bertz CT molecular complexity index is 392.